The van der Waals surface area contributed by atoms with Gasteiger partial charge in [0.05, 0.1) is 0 Å². The molecule has 0 spiro atoms. The van der Waals surface area contributed by atoms with E-state index in [9.17, 15) is 13.6 Å². The van der Waals surface area contributed by atoms with E-state index in [1.807, 2.05) is 23.1 Å². The van der Waals surface area contributed by atoms with Gasteiger partial charge in [-0.05, 0) is 55.5 Å². The predicted octanol–water partition coefficient (Wildman–Crippen LogP) is 2.81. The highest BCUT2D eigenvalue weighted by atomic mass is 19.2. The molecule has 0 unspecified atom stereocenters. The van der Waals surface area contributed by atoms with Gasteiger partial charge in [0.25, 0.3) is 0 Å². The molecule has 132 valence electrons. The summed E-state index contributed by atoms with van der Waals surface area (Å²) in [6.45, 7) is 1.09. The zero-order valence-electron chi connectivity index (χ0n) is 13.9. The van der Waals surface area contributed by atoms with E-state index in [4.69, 9.17) is 5.73 Å². The molecule has 1 amide bonds. The van der Waals surface area contributed by atoms with E-state index in [0.29, 0.717) is 31.5 Å². The number of halogens is 2. The standard InChI is InChI=1S/C19H21F2N3O/c20-16-7-6-14(12-17(16)21)13-24-11-9-19(24,18(22)25)8-3-5-15-4-1-2-10-23-15/h1-2,4,6-7,10,12H,3,5,8-9,11,13H2,(H2,22,25)/t19-/m0/s1. The second-order valence-electron chi connectivity index (χ2n) is 6.49. The minimum Gasteiger partial charge on any atom is -0.368 e. The molecule has 0 bridgehead atoms. The van der Waals surface area contributed by atoms with Crippen LogP contribution in [0.15, 0.2) is 42.6 Å². The molecule has 1 fully saturated rings. The molecule has 6 heteroatoms. The molecular weight excluding hydrogens is 324 g/mol. The Morgan fingerprint density at radius 3 is 2.68 bits per heavy atom. The third-order valence-corrected chi connectivity index (χ3v) is 4.97. The van der Waals surface area contributed by atoms with Crippen molar-refractivity contribution in [3.63, 3.8) is 0 Å². The van der Waals surface area contributed by atoms with E-state index in [1.165, 1.54) is 12.1 Å². The maximum Gasteiger partial charge on any atom is 0.238 e. The van der Waals surface area contributed by atoms with Crippen molar-refractivity contribution in [2.75, 3.05) is 6.54 Å². The summed E-state index contributed by atoms with van der Waals surface area (Å²) in [6, 6.07) is 9.58. The summed E-state index contributed by atoms with van der Waals surface area (Å²) in [7, 11) is 0. The largest absolute Gasteiger partial charge is 0.368 e. The van der Waals surface area contributed by atoms with Gasteiger partial charge in [0, 0.05) is 25.0 Å². The number of nitrogens with two attached hydrogens (primary N) is 1. The van der Waals surface area contributed by atoms with E-state index >= 15 is 0 Å². The van der Waals surface area contributed by atoms with Gasteiger partial charge in [-0.1, -0.05) is 12.1 Å². The number of likely N-dealkylation sites (tertiary alicyclic amines) is 1. The molecule has 2 aromatic rings. The number of aryl methyl sites for hydroxylation is 1. The summed E-state index contributed by atoms with van der Waals surface area (Å²) < 4.78 is 26.5. The van der Waals surface area contributed by atoms with Crippen LogP contribution in [-0.4, -0.2) is 27.9 Å². The minimum absolute atomic E-state index is 0.359. The number of primary amides is 1. The maximum atomic E-state index is 13.4. The van der Waals surface area contributed by atoms with Crippen LogP contribution in [0.4, 0.5) is 8.78 Å². The van der Waals surface area contributed by atoms with Gasteiger partial charge in [-0.3, -0.25) is 14.7 Å². The number of carbonyl (C=O) groups is 1. The van der Waals surface area contributed by atoms with E-state index in [1.54, 1.807) is 6.20 Å². The van der Waals surface area contributed by atoms with Gasteiger partial charge in [-0.15, -0.1) is 0 Å². The monoisotopic (exact) mass is 345 g/mol. The fourth-order valence-electron chi connectivity index (χ4n) is 3.42. The van der Waals surface area contributed by atoms with Crippen molar-refractivity contribution in [1.82, 2.24) is 9.88 Å². The molecule has 1 aromatic carbocycles. The van der Waals surface area contributed by atoms with E-state index in [-0.39, 0.29) is 5.91 Å². The average molecular weight is 345 g/mol. The molecule has 1 atom stereocenters. The highest BCUT2D eigenvalue weighted by molar-refractivity contribution is 5.85. The molecule has 0 saturated carbocycles. The first kappa shape index (κ1) is 17.5. The summed E-state index contributed by atoms with van der Waals surface area (Å²) >= 11 is 0. The lowest BCUT2D eigenvalue weighted by molar-refractivity contribution is -0.141. The first-order chi connectivity index (χ1) is 12.0. The minimum atomic E-state index is -0.877. The second kappa shape index (κ2) is 7.27. The molecule has 2 heterocycles. The average Bonchev–Trinajstić information content (AvgIpc) is 2.59. The van der Waals surface area contributed by atoms with Crippen LogP contribution in [0.3, 0.4) is 0 Å². The maximum absolute atomic E-state index is 13.4. The Bertz CT molecular complexity index is 754. The molecule has 0 aliphatic carbocycles. The van der Waals surface area contributed by atoms with Crippen LogP contribution in [0.5, 0.6) is 0 Å². The van der Waals surface area contributed by atoms with E-state index in [0.717, 1.165) is 24.6 Å². The van der Waals surface area contributed by atoms with Crippen LogP contribution in [-0.2, 0) is 17.8 Å². The molecule has 4 nitrogen and oxygen atoms in total. The fourth-order valence-corrected chi connectivity index (χ4v) is 3.42. The highest BCUT2D eigenvalue weighted by Gasteiger charge is 2.48. The Balaban J connectivity index is 1.65. The third-order valence-electron chi connectivity index (χ3n) is 4.97. The number of carbonyl (C=O) groups excluding carboxylic acids is 1. The summed E-state index contributed by atoms with van der Waals surface area (Å²) in [4.78, 5) is 18.3. The first-order valence-corrected chi connectivity index (χ1v) is 8.40. The van der Waals surface area contributed by atoms with Crippen molar-refractivity contribution in [2.24, 2.45) is 5.73 Å². The van der Waals surface area contributed by atoms with Gasteiger partial charge in [0.1, 0.15) is 5.54 Å². The van der Waals surface area contributed by atoms with Gasteiger partial charge in [0.2, 0.25) is 5.91 Å². The van der Waals surface area contributed by atoms with Gasteiger partial charge in [-0.25, -0.2) is 8.78 Å². The SMILES string of the molecule is NC(=O)[C@]1(CCCc2ccccn2)CCN1Cc1ccc(F)c(F)c1. The Hall–Kier alpha value is -2.34. The zero-order valence-corrected chi connectivity index (χ0v) is 13.9. The Kier molecular flexibility index (Phi) is 5.08. The smallest absolute Gasteiger partial charge is 0.238 e. The summed E-state index contributed by atoms with van der Waals surface area (Å²) in [5.41, 5.74) is 6.58. The number of rotatable bonds is 7. The number of amides is 1. The van der Waals surface area contributed by atoms with Crippen LogP contribution in [0, 0.1) is 11.6 Å². The van der Waals surface area contributed by atoms with Crippen molar-refractivity contribution in [3.05, 3.63) is 65.5 Å². The van der Waals surface area contributed by atoms with Gasteiger partial charge >= 0.3 is 0 Å². The fraction of sp³-hybridized carbons (Fsp3) is 0.368. The van der Waals surface area contributed by atoms with Crippen molar-refractivity contribution in [2.45, 2.75) is 37.8 Å². The van der Waals surface area contributed by atoms with Crippen LogP contribution in [0.25, 0.3) is 0 Å². The lowest BCUT2D eigenvalue weighted by Gasteiger charge is -2.51. The number of benzene rings is 1. The van der Waals surface area contributed by atoms with Gasteiger partial charge < -0.3 is 5.73 Å². The molecule has 1 aromatic heterocycles. The molecule has 1 aliphatic heterocycles. The van der Waals surface area contributed by atoms with Crippen LogP contribution in [0.1, 0.15) is 30.5 Å². The van der Waals surface area contributed by atoms with Crippen LogP contribution in [0.2, 0.25) is 0 Å². The lowest BCUT2D eigenvalue weighted by Crippen LogP contribution is -2.66. The topological polar surface area (TPSA) is 59.2 Å². The van der Waals surface area contributed by atoms with Crippen LogP contribution < -0.4 is 5.73 Å². The highest BCUT2D eigenvalue weighted by Crippen LogP contribution is 2.36. The van der Waals surface area contributed by atoms with Gasteiger partial charge in [0.15, 0.2) is 11.6 Å². The summed E-state index contributed by atoms with van der Waals surface area (Å²) in [5.74, 6) is -2.11. The number of hydrogen-bond donors (Lipinski definition) is 1. The third kappa shape index (κ3) is 3.69. The molecule has 1 saturated heterocycles. The van der Waals surface area contributed by atoms with Crippen LogP contribution >= 0.6 is 0 Å². The van der Waals surface area contributed by atoms with E-state index in [2.05, 4.69) is 4.98 Å². The predicted molar refractivity (Wildman–Crippen MR) is 90.5 cm³/mol. The van der Waals surface area contributed by atoms with Crippen molar-refractivity contribution >= 4 is 5.91 Å². The number of pyridine rings is 1. The molecular formula is C19H21F2N3O. The molecule has 3 rings (SSSR count). The number of nitrogens with zero attached hydrogens (tertiary/aromatic N) is 2. The normalized spacial score (nSPS) is 20.2. The Morgan fingerprint density at radius 2 is 2.08 bits per heavy atom. The molecule has 0 radical (unpaired) electrons. The zero-order chi connectivity index (χ0) is 17.9. The second-order valence-corrected chi connectivity index (χ2v) is 6.49. The quantitative estimate of drug-likeness (QED) is 0.839. The number of hydrogen-bond acceptors (Lipinski definition) is 3. The molecule has 2 N–H and O–H groups in total. The molecule has 25 heavy (non-hydrogen) atoms. The first-order valence-electron chi connectivity index (χ1n) is 8.40. The Labute approximate surface area is 145 Å². The van der Waals surface area contributed by atoms with Crippen molar-refractivity contribution < 1.29 is 13.6 Å². The Morgan fingerprint density at radius 1 is 1.24 bits per heavy atom. The lowest BCUT2D eigenvalue weighted by atomic mass is 9.79. The summed E-state index contributed by atoms with van der Waals surface area (Å²) in [5, 5.41) is 0. The van der Waals surface area contributed by atoms with Crippen molar-refractivity contribution in [3.8, 4) is 0 Å². The van der Waals surface area contributed by atoms with Gasteiger partial charge in [-0.2, -0.15) is 0 Å². The van der Waals surface area contributed by atoms with Crippen molar-refractivity contribution in [1.29, 1.82) is 0 Å². The van der Waals surface area contributed by atoms with E-state index < -0.39 is 17.2 Å². The summed E-state index contributed by atoms with van der Waals surface area (Å²) in [6.07, 6.45) is 4.62. The molecule has 1 aliphatic rings. The number of aromatic nitrogens is 1.